The minimum Gasteiger partial charge on any atom is -0.352 e. The van der Waals surface area contributed by atoms with Crippen molar-refractivity contribution in [2.24, 2.45) is 0 Å². The van der Waals surface area contributed by atoms with E-state index in [9.17, 15) is 9.59 Å². The molecule has 0 radical (unpaired) electrons. The van der Waals surface area contributed by atoms with Gasteiger partial charge >= 0.3 is 0 Å². The van der Waals surface area contributed by atoms with Gasteiger partial charge in [-0.05, 0) is 54.7 Å². The summed E-state index contributed by atoms with van der Waals surface area (Å²) in [5.41, 5.74) is 1.45. The molecule has 0 bridgehead atoms. The van der Waals surface area contributed by atoms with Crippen LogP contribution in [0.4, 0.5) is 0 Å². The Morgan fingerprint density at radius 1 is 1.00 bits per heavy atom. The summed E-state index contributed by atoms with van der Waals surface area (Å²) < 4.78 is 0. The molecular formula is C24H26Cl4N2O2. The highest BCUT2D eigenvalue weighted by atomic mass is 35.5. The van der Waals surface area contributed by atoms with E-state index < -0.39 is 6.04 Å². The first-order valence-electron chi connectivity index (χ1n) is 10.8. The van der Waals surface area contributed by atoms with Gasteiger partial charge in [-0.2, -0.15) is 0 Å². The molecule has 1 saturated carbocycles. The summed E-state index contributed by atoms with van der Waals surface area (Å²) in [5, 5.41) is 4.91. The predicted octanol–water partition coefficient (Wildman–Crippen LogP) is 6.71. The lowest BCUT2D eigenvalue weighted by molar-refractivity contribution is -0.141. The van der Waals surface area contributed by atoms with E-state index in [0.717, 1.165) is 36.8 Å². The van der Waals surface area contributed by atoms with Crippen molar-refractivity contribution in [3.8, 4) is 0 Å². The Labute approximate surface area is 209 Å². The van der Waals surface area contributed by atoms with E-state index in [0.29, 0.717) is 26.5 Å². The summed E-state index contributed by atoms with van der Waals surface area (Å²) in [5.74, 6) is -0.324. The highest BCUT2D eigenvalue weighted by Gasteiger charge is 2.31. The summed E-state index contributed by atoms with van der Waals surface area (Å²) in [6.45, 7) is 2.11. The van der Waals surface area contributed by atoms with E-state index in [2.05, 4.69) is 5.32 Å². The molecule has 4 nitrogen and oxygen atoms in total. The molecule has 0 spiro atoms. The lowest BCUT2D eigenvalue weighted by Gasteiger charge is -2.32. The van der Waals surface area contributed by atoms with Crippen LogP contribution in [0.5, 0.6) is 0 Å². The Morgan fingerprint density at radius 2 is 1.72 bits per heavy atom. The first kappa shape index (κ1) is 25.2. The van der Waals surface area contributed by atoms with Crippen LogP contribution in [0.1, 0.15) is 50.2 Å². The Morgan fingerprint density at radius 3 is 2.34 bits per heavy atom. The van der Waals surface area contributed by atoms with Gasteiger partial charge in [-0.25, -0.2) is 0 Å². The van der Waals surface area contributed by atoms with Crippen LogP contribution >= 0.6 is 46.4 Å². The number of carbonyl (C=O) groups excluding carboxylic acids is 2. The molecule has 3 rings (SSSR count). The van der Waals surface area contributed by atoms with Crippen LogP contribution in [0, 0.1) is 0 Å². The summed E-state index contributed by atoms with van der Waals surface area (Å²) in [6.07, 6.45) is 4.75. The van der Waals surface area contributed by atoms with E-state index in [1.54, 1.807) is 41.3 Å². The van der Waals surface area contributed by atoms with Crippen LogP contribution in [0.25, 0.3) is 0 Å². The van der Waals surface area contributed by atoms with Crippen LogP contribution in [0.3, 0.4) is 0 Å². The summed E-state index contributed by atoms with van der Waals surface area (Å²) in [7, 11) is 0. The van der Waals surface area contributed by atoms with Crippen LogP contribution < -0.4 is 5.32 Å². The highest BCUT2D eigenvalue weighted by Crippen LogP contribution is 2.26. The third kappa shape index (κ3) is 6.54. The largest absolute Gasteiger partial charge is 0.352 e. The molecule has 8 heteroatoms. The van der Waals surface area contributed by atoms with Crippen molar-refractivity contribution in [2.75, 3.05) is 0 Å². The van der Waals surface area contributed by atoms with E-state index in [4.69, 9.17) is 46.4 Å². The zero-order valence-corrected chi connectivity index (χ0v) is 20.9. The first-order chi connectivity index (χ1) is 15.3. The zero-order chi connectivity index (χ0) is 23.3. The maximum atomic E-state index is 13.4. The maximum absolute atomic E-state index is 13.4. The highest BCUT2D eigenvalue weighted by molar-refractivity contribution is 6.42. The van der Waals surface area contributed by atoms with Gasteiger partial charge in [0.25, 0.3) is 0 Å². The number of halogens is 4. The molecule has 1 N–H and O–H groups in total. The molecule has 1 aliphatic carbocycles. The van der Waals surface area contributed by atoms with Crippen molar-refractivity contribution in [3.63, 3.8) is 0 Å². The molecule has 0 heterocycles. The molecule has 1 fully saturated rings. The lowest BCUT2D eigenvalue weighted by Crippen LogP contribution is -2.51. The molecule has 2 aromatic carbocycles. The first-order valence-corrected chi connectivity index (χ1v) is 12.3. The quantitative estimate of drug-likeness (QED) is 0.424. The molecule has 0 aromatic heterocycles. The van der Waals surface area contributed by atoms with Gasteiger partial charge in [0.2, 0.25) is 11.8 Å². The van der Waals surface area contributed by atoms with Crippen molar-refractivity contribution < 1.29 is 9.59 Å². The van der Waals surface area contributed by atoms with Crippen LogP contribution in [0.15, 0.2) is 36.4 Å². The van der Waals surface area contributed by atoms with Gasteiger partial charge < -0.3 is 10.2 Å². The molecule has 2 amide bonds. The second-order valence-corrected chi connectivity index (χ2v) is 9.75. The summed E-state index contributed by atoms with van der Waals surface area (Å²) in [4.78, 5) is 28.2. The molecule has 0 saturated heterocycles. The maximum Gasteiger partial charge on any atom is 0.243 e. The number of rotatable bonds is 8. The smallest absolute Gasteiger partial charge is 0.243 e. The van der Waals surface area contributed by atoms with Gasteiger partial charge in [-0.3, -0.25) is 9.59 Å². The van der Waals surface area contributed by atoms with Crippen LogP contribution in [-0.4, -0.2) is 28.8 Å². The molecule has 1 unspecified atom stereocenters. The second kappa shape index (κ2) is 11.6. The summed E-state index contributed by atoms with van der Waals surface area (Å²) >= 11 is 24.6. The van der Waals surface area contributed by atoms with Gasteiger partial charge in [-0.1, -0.05) is 78.3 Å². The molecule has 172 valence electrons. The number of nitrogens with zero attached hydrogens (tertiary/aromatic N) is 1. The normalized spacial score (nSPS) is 14.9. The Kier molecular flexibility index (Phi) is 9.13. The average molecular weight is 516 g/mol. The number of amides is 2. The second-order valence-electron chi connectivity index (χ2n) is 8.10. The van der Waals surface area contributed by atoms with Crippen molar-refractivity contribution in [3.05, 3.63) is 67.6 Å². The molecule has 32 heavy (non-hydrogen) atoms. The van der Waals surface area contributed by atoms with E-state index >= 15 is 0 Å². The lowest BCUT2D eigenvalue weighted by atomic mass is 10.1. The van der Waals surface area contributed by atoms with E-state index in [1.807, 2.05) is 6.92 Å². The number of carbonyl (C=O) groups is 2. The number of hydrogen-bond donors (Lipinski definition) is 1. The van der Waals surface area contributed by atoms with E-state index in [-0.39, 0.29) is 30.8 Å². The average Bonchev–Trinajstić information content (AvgIpc) is 3.25. The SMILES string of the molecule is CCC(C(=O)NC1CCCC1)N(Cc1ccc(Cl)cc1Cl)C(=O)Cc1ccc(Cl)c(Cl)c1. The van der Waals surface area contributed by atoms with Gasteiger partial charge in [0.15, 0.2) is 0 Å². The number of nitrogens with one attached hydrogen (secondary N) is 1. The van der Waals surface area contributed by atoms with Gasteiger partial charge in [0.1, 0.15) is 6.04 Å². The Hall–Kier alpha value is -1.46. The third-order valence-electron chi connectivity index (χ3n) is 5.78. The molecule has 0 aliphatic heterocycles. The minimum atomic E-state index is -0.613. The van der Waals surface area contributed by atoms with Crippen molar-refractivity contribution in [1.29, 1.82) is 0 Å². The molecule has 1 atom stereocenters. The van der Waals surface area contributed by atoms with E-state index in [1.165, 1.54) is 0 Å². The van der Waals surface area contributed by atoms with Crippen molar-refractivity contribution in [2.45, 2.75) is 64.1 Å². The number of hydrogen-bond acceptors (Lipinski definition) is 2. The van der Waals surface area contributed by atoms with Crippen molar-refractivity contribution in [1.82, 2.24) is 10.2 Å². The standard InChI is InChI=1S/C24H26Cl4N2O2/c1-2-22(24(32)29-18-5-3-4-6-18)30(14-16-8-9-17(25)13-20(16)27)23(31)12-15-7-10-19(26)21(28)11-15/h7-11,13,18,22H,2-6,12,14H2,1H3,(H,29,32). The minimum absolute atomic E-state index is 0.0926. The van der Waals surface area contributed by atoms with Crippen molar-refractivity contribution >= 4 is 58.2 Å². The van der Waals surface area contributed by atoms with Gasteiger partial charge in [-0.15, -0.1) is 0 Å². The fraction of sp³-hybridized carbons (Fsp3) is 0.417. The van der Waals surface area contributed by atoms with Crippen LogP contribution in [-0.2, 0) is 22.6 Å². The Bertz CT molecular complexity index is 976. The van der Waals surface area contributed by atoms with Crippen LogP contribution in [0.2, 0.25) is 20.1 Å². The third-order valence-corrected chi connectivity index (χ3v) is 7.11. The monoisotopic (exact) mass is 514 g/mol. The van der Waals surface area contributed by atoms with Gasteiger partial charge in [0, 0.05) is 22.6 Å². The predicted molar refractivity (Wildman–Crippen MR) is 132 cm³/mol. The molecule has 2 aromatic rings. The Balaban J connectivity index is 1.86. The number of benzene rings is 2. The fourth-order valence-electron chi connectivity index (χ4n) is 4.05. The summed E-state index contributed by atoms with van der Waals surface area (Å²) in [6, 6.07) is 9.81. The zero-order valence-electron chi connectivity index (χ0n) is 17.8. The topological polar surface area (TPSA) is 49.4 Å². The molecule has 1 aliphatic rings. The fourth-order valence-corrected chi connectivity index (χ4v) is 4.84. The molecular weight excluding hydrogens is 490 g/mol. The van der Waals surface area contributed by atoms with Gasteiger partial charge in [0.05, 0.1) is 16.5 Å².